The smallest absolute Gasteiger partial charge is 0.327 e. The molecule has 2 aliphatic rings. The highest BCUT2D eigenvalue weighted by Crippen LogP contribution is 2.38. The largest absolute Gasteiger partial charge is 0.343 e. The molecule has 8 heteroatoms. The molecule has 4 heterocycles. The summed E-state index contributed by atoms with van der Waals surface area (Å²) in [4.78, 5) is 33.9. The van der Waals surface area contributed by atoms with Crippen molar-refractivity contribution in [2.45, 2.75) is 50.2 Å². The van der Waals surface area contributed by atoms with Crippen molar-refractivity contribution in [3.8, 4) is 12.3 Å². The fourth-order valence-corrected chi connectivity index (χ4v) is 3.80. The SMILES string of the molecule is C#CCCC1(CCC(=O)N2CCC(n3c(=O)[nH]c4cccnc43)CC2)N=N1. The number of aromatic nitrogens is 3. The van der Waals surface area contributed by atoms with E-state index in [-0.39, 0.29) is 17.6 Å². The number of imidazole rings is 1. The van der Waals surface area contributed by atoms with Crippen LogP contribution < -0.4 is 5.69 Å². The lowest BCUT2D eigenvalue weighted by Gasteiger charge is -2.32. The number of nitrogens with one attached hydrogen (secondary N) is 1. The van der Waals surface area contributed by atoms with Crippen LogP contribution in [0.25, 0.3) is 11.2 Å². The summed E-state index contributed by atoms with van der Waals surface area (Å²) in [5.74, 6) is 2.72. The number of carbonyl (C=O) groups excluding carboxylic acids is 1. The van der Waals surface area contributed by atoms with Crippen molar-refractivity contribution in [1.29, 1.82) is 0 Å². The maximum Gasteiger partial charge on any atom is 0.327 e. The topological polar surface area (TPSA) is 95.7 Å². The molecule has 1 N–H and O–H groups in total. The molecule has 0 unspecified atom stereocenters. The number of likely N-dealkylation sites (tertiary alicyclic amines) is 1. The summed E-state index contributed by atoms with van der Waals surface area (Å²) >= 11 is 0. The number of carbonyl (C=O) groups is 1. The standard InChI is InChI=1S/C19H22N6O2/c1-2-3-9-19(22-23-19)10-6-16(26)24-12-7-14(8-13-24)25-17-15(21-18(25)27)5-4-11-20-17/h1,4-5,11,14H,3,6-10,12-13H2,(H,21,27). The van der Waals surface area contributed by atoms with Gasteiger partial charge in [-0.25, -0.2) is 9.78 Å². The Morgan fingerprint density at radius 3 is 2.81 bits per heavy atom. The Morgan fingerprint density at radius 2 is 2.11 bits per heavy atom. The van der Waals surface area contributed by atoms with Gasteiger partial charge in [0.1, 0.15) is 0 Å². The Hall–Kier alpha value is -2.95. The van der Waals surface area contributed by atoms with E-state index in [0.29, 0.717) is 38.0 Å². The zero-order chi connectivity index (χ0) is 18.9. The summed E-state index contributed by atoms with van der Waals surface area (Å²) in [7, 11) is 0. The van der Waals surface area contributed by atoms with Crippen LogP contribution in [0.2, 0.25) is 0 Å². The minimum absolute atomic E-state index is 0.0561. The minimum atomic E-state index is -0.413. The van der Waals surface area contributed by atoms with Crippen LogP contribution in [0.1, 0.15) is 44.6 Å². The number of fused-ring (bicyclic) bond motifs is 1. The number of nitrogens with zero attached hydrogens (tertiary/aromatic N) is 5. The fourth-order valence-electron chi connectivity index (χ4n) is 3.80. The highest BCUT2D eigenvalue weighted by atomic mass is 16.2. The zero-order valence-electron chi connectivity index (χ0n) is 15.1. The molecule has 4 rings (SSSR count). The normalized spacial score (nSPS) is 18.6. The van der Waals surface area contributed by atoms with Gasteiger partial charge in [-0.2, -0.15) is 10.2 Å². The van der Waals surface area contributed by atoms with Gasteiger partial charge in [-0.3, -0.25) is 9.36 Å². The lowest BCUT2D eigenvalue weighted by atomic mass is 10.0. The van der Waals surface area contributed by atoms with Crippen molar-refractivity contribution in [3.05, 3.63) is 28.8 Å². The maximum absolute atomic E-state index is 12.5. The summed E-state index contributed by atoms with van der Waals surface area (Å²) in [6.07, 6.45) is 10.9. The molecule has 0 radical (unpaired) electrons. The van der Waals surface area contributed by atoms with Crippen LogP contribution in [-0.4, -0.2) is 44.1 Å². The number of hydrogen-bond donors (Lipinski definition) is 1. The number of pyridine rings is 1. The van der Waals surface area contributed by atoms with Gasteiger partial charge in [-0.15, -0.1) is 12.3 Å². The molecule has 8 nitrogen and oxygen atoms in total. The molecule has 0 bridgehead atoms. The van der Waals surface area contributed by atoms with E-state index in [9.17, 15) is 9.59 Å². The van der Waals surface area contributed by atoms with E-state index in [2.05, 4.69) is 26.1 Å². The van der Waals surface area contributed by atoms with Gasteiger partial charge >= 0.3 is 5.69 Å². The van der Waals surface area contributed by atoms with Gasteiger partial charge in [0.15, 0.2) is 11.3 Å². The summed E-state index contributed by atoms with van der Waals surface area (Å²) in [5.41, 5.74) is 0.874. The van der Waals surface area contributed by atoms with Crippen LogP contribution in [0.3, 0.4) is 0 Å². The molecule has 2 aliphatic heterocycles. The first-order valence-electron chi connectivity index (χ1n) is 9.32. The average Bonchev–Trinajstić information content (AvgIpc) is 3.39. The Labute approximate surface area is 156 Å². The van der Waals surface area contributed by atoms with E-state index >= 15 is 0 Å². The molecule has 0 aromatic carbocycles. The molecule has 2 aromatic heterocycles. The van der Waals surface area contributed by atoms with Crippen molar-refractivity contribution in [2.24, 2.45) is 10.2 Å². The lowest BCUT2D eigenvalue weighted by molar-refractivity contribution is -0.132. The number of piperidine rings is 1. The Bertz CT molecular complexity index is 968. The minimum Gasteiger partial charge on any atom is -0.343 e. The quantitative estimate of drug-likeness (QED) is 0.794. The molecule has 0 atom stereocenters. The maximum atomic E-state index is 12.5. The second-order valence-corrected chi connectivity index (χ2v) is 7.17. The second kappa shape index (κ2) is 6.99. The van der Waals surface area contributed by atoms with Gasteiger partial charge in [-0.05, 0) is 25.0 Å². The molecule has 27 heavy (non-hydrogen) atoms. The molecular weight excluding hydrogens is 344 g/mol. The first-order chi connectivity index (χ1) is 13.1. The molecular formula is C19H22N6O2. The van der Waals surface area contributed by atoms with Crippen LogP contribution >= 0.6 is 0 Å². The van der Waals surface area contributed by atoms with Crippen molar-refractivity contribution in [2.75, 3.05) is 13.1 Å². The van der Waals surface area contributed by atoms with E-state index in [1.807, 2.05) is 11.0 Å². The molecule has 140 valence electrons. The Morgan fingerprint density at radius 1 is 1.33 bits per heavy atom. The molecule has 0 saturated carbocycles. The van der Waals surface area contributed by atoms with Crippen LogP contribution in [0, 0.1) is 12.3 Å². The second-order valence-electron chi connectivity index (χ2n) is 7.17. The number of H-pyrrole nitrogens is 1. The van der Waals surface area contributed by atoms with Crippen LogP contribution in [-0.2, 0) is 4.79 Å². The van der Waals surface area contributed by atoms with Gasteiger partial charge < -0.3 is 9.88 Å². The molecule has 1 fully saturated rings. The van der Waals surface area contributed by atoms with Gasteiger partial charge in [0.2, 0.25) is 5.91 Å². The van der Waals surface area contributed by atoms with Gasteiger partial charge in [0.25, 0.3) is 0 Å². The van der Waals surface area contributed by atoms with Crippen molar-refractivity contribution >= 4 is 17.1 Å². The fraction of sp³-hybridized carbons (Fsp3) is 0.526. The van der Waals surface area contributed by atoms with E-state index in [0.717, 1.165) is 24.8 Å². The average molecular weight is 366 g/mol. The van der Waals surface area contributed by atoms with E-state index in [1.165, 1.54) is 0 Å². The first kappa shape index (κ1) is 17.5. The third-order valence-corrected chi connectivity index (χ3v) is 5.45. The Kier molecular flexibility index (Phi) is 4.52. The molecule has 2 aromatic rings. The van der Waals surface area contributed by atoms with Crippen LogP contribution in [0.4, 0.5) is 0 Å². The highest BCUT2D eigenvalue weighted by molar-refractivity contribution is 5.76. The first-order valence-corrected chi connectivity index (χ1v) is 9.32. The molecule has 0 aliphatic carbocycles. The van der Waals surface area contributed by atoms with Gasteiger partial charge in [0.05, 0.1) is 5.52 Å². The lowest BCUT2D eigenvalue weighted by Crippen LogP contribution is -2.40. The van der Waals surface area contributed by atoms with Gasteiger partial charge in [0, 0.05) is 51.0 Å². The molecule has 1 amide bonds. The predicted molar refractivity (Wildman–Crippen MR) is 100 cm³/mol. The summed E-state index contributed by atoms with van der Waals surface area (Å²) in [6, 6.07) is 3.71. The third kappa shape index (κ3) is 3.50. The predicted octanol–water partition coefficient (Wildman–Crippen LogP) is 2.24. The van der Waals surface area contributed by atoms with Crippen molar-refractivity contribution in [1.82, 2.24) is 19.4 Å². The zero-order valence-corrected chi connectivity index (χ0v) is 15.1. The van der Waals surface area contributed by atoms with Crippen LogP contribution in [0.5, 0.6) is 0 Å². The van der Waals surface area contributed by atoms with Crippen molar-refractivity contribution < 1.29 is 4.79 Å². The molecule has 0 spiro atoms. The number of rotatable bonds is 6. The van der Waals surface area contributed by atoms with Crippen molar-refractivity contribution in [3.63, 3.8) is 0 Å². The van der Waals surface area contributed by atoms with Crippen LogP contribution in [0.15, 0.2) is 33.4 Å². The van der Waals surface area contributed by atoms with E-state index < -0.39 is 5.66 Å². The van der Waals surface area contributed by atoms with Gasteiger partial charge in [-0.1, -0.05) is 0 Å². The summed E-state index contributed by atoms with van der Waals surface area (Å²) < 4.78 is 1.73. The summed E-state index contributed by atoms with van der Waals surface area (Å²) in [5, 5.41) is 8.17. The monoisotopic (exact) mass is 366 g/mol. The Balaban J connectivity index is 1.34. The molecule has 1 saturated heterocycles. The highest BCUT2D eigenvalue weighted by Gasteiger charge is 2.39. The number of hydrogen-bond acceptors (Lipinski definition) is 5. The number of terminal acetylenes is 1. The summed E-state index contributed by atoms with van der Waals surface area (Å²) in [6.45, 7) is 1.28. The number of amides is 1. The third-order valence-electron chi connectivity index (χ3n) is 5.45. The number of aromatic amines is 1. The van der Waals surface area contributed by atoms with E-state index in [4.69, 9.17) is 6.42 Å². The van der Waals surface area contributed by atoms with E-state index in [1.54, 1.807) is 16.8 Å².